The average Bonchev–Trinajstić information content (AvgIpc) is 2.69. The summed E-state index contributed by atoms with van der Waals surface area (Å²) in [4.78, 5) is 0. The standard InChI is InChI=1S/C15H20N2/c16-14-10-15(13-9-5-4-8-12(13)14)17-11-6-2-1-3-7-11/h1-2,4-5,8-9,11,14-15,17H,3,6-7,10,16H2. The van der Waals surface area contributed by atoms with Gasteiger partial charge in [-0.25, -0.2) is 0 Å². The number of nitrogens with two attached hydrogens (primary N) is 1. The van der Waals surface area contributed by atoms with E-state index >= 15 is 0 Å². The van der Waals surface area contributed by atoms with Gasteiger partial charge in [0.2, 0.25) is 0 Å². The first-order chi connectivity index (χ1) is 8.34. The molecule has 0 heterocycles. The van der Waals surface area contributed by atoms with Gasteiger partial charge in [0.1, 0.15) is 0 Å². The van der Waals surface area contributed by atoms with Crippen molar-refractivity contribution in [2.45, 2.75) is 43.8 Å². The molecule has 0 saturated carbocycles. The van der Waals surface area contributed by atoms with E-state index in [9.17, 15) is 0 Å². The Morgan fingerprint density at radius 3 is 2.71 bits per heavy atom. The molecule has 0 bridgehead atoms. The Labute approximate surface area is 103 Å². The lowest BCUT2D eigenvalue weighted by molar-refractivity contribution is 0.397. The second-order valence-corrected chi connectivity index (χ2v) is 5.17. The second kappa shape index (κ2) is 4.63. The van der Waals surface area contributed by atoms with Crippen LogP contribution in [0.4, 0.5) is 0 Å². The summed E-state index contributed by atoms with van der Waals surface area (Å²) in [6.45, 7) is 0. The third-order valence-corrected chi connectivity index (χ3v) is 3.97. The molecule has 3 N–H and O–H groups in total. The van der Waals surface area contributed by atoms with Crippen LogP contribution in [0, 0.1) is 0 Å². The molecule has 0 radical (unpaired) electrons. The summed E-state index contributed by atoms with van der Waals surface area (Å²) in [7, 11) is 0. The van der Waals surface area contributed by atoms with Crippen LogP contribution in [0.25, 0.3) is 0 Å². The van der Waals surface area contributed by atoms with Gasteiger partial charge in [0.05, 0.1) is 0 Å². The van der Waals surface area contributed by atoms with Crippen molar-refractivity contribution in [2.24, 2.45) is 5.73 Å². The van der Waals surface area contributed by atoms with Gasteiger partial charge in [-0.1, -0.05) is 36.4 Å². The SMILES string of the molecule is NC1CC(NC2CC=CCC2)c2ccccc21. The fraction of sp³-hybridized carbons (Fsp3) is 0.467. The lowest BCUT2D eigenvalue weighted by Crippen LogP contribution is -2.32. The first-order valence-corrected chi connectivity index (χ1v) is 6.60. The van der Waals surface area contributed by atoms with E-state index in [0.717, 1.165) is 12.8 Å². The summed E-state index contributed by atoms with van der Waals surface area (Å²) in [5, 5.41) is 3.77. The molecule has 17 heavy (non-hydrogen) atoms. The summed E-state index contributed by atoms with van der Waals surface area (Å²) in [6, 6.07) is 9.89. The molecule has 0 spiro atoms. The number of hydrogen-bond donors (Lipinski definition) is 2. The molecule has 3 rings (SSSR count). The molecule has 1 aromatic carbocycles. The summed E-state index contributed by atoms with van der Waals surface area (Å²) in [5.41, 5.74) is 8.93. The number of benzene rings is 1. The van der Waals surface area contributed by atoms with Gasteiger partial charge < -0.3 is 11.1 Å². The second-order valence-electron chi connectivity index (χ2n) is 5.17. The van der Waals surface area contributed by atoms with Gasteiger partial charge in [0, 0.05) is 18.1 Å². The van der Waals surface area contributed by atoms with E-state index in [1.807, 2.05) is 0 Å². The maximum atomic E-state index is 6.19. The van der Waals surface area contributed by atoms with Crippen molar-refractivity contribution in [3.05, 3.63) is 47.5 Å². The van der Waals surface area contributed by atoms with Gasteiger partial charge >= 0.3 is 0 Å². The van der Waals surface area contributed by atoms with Crippen LogP contribution >= 0.6 is 0 Å². The Hall–Kier alpha value is -1.12. The van der Waals surface area contributed by atoms with E-state index in [-0.39, 0.29) is 6.04 Å². The van der Waals surface area contributed by atoms with Gasteiger partial charge in [-0.3, -0.25) is 0 Å². The zero-order valence-corrected chi connectivity index (χ0v) is 10.1. The predicted molar refractivity (Wildman–Crippen MR) is 70.6 cm³/mol. The minimum absolute atomic E-state index is 0.211. The molecule has 1 aromatic rings. The van der Waals surface area contributed by atoms with E-state index in [1.54, 1.807) is 0 Å². The number of fused-ring (bicyclic) bond motifs is 1. The molecule has 3 unspecified atom stereocenters. The Kier molecular flexibility index (Phi) is 3.00. The van der Waals surface area contributed by atoms with Crippen LogP contribution in [0.15, 0.2) is 36.4 Å². The number of hydrogen-bond acceptors (Lipinski definition) is 2. The lowest BCUT2D eigenvalue weighted by Gasteiger charge is -2.24. The molecule has 0 saturated heterocycles. The normalized spacial score (nSPS) is 31.5. The highest BCUT2D eigenvalue weighted by molar-refractivity contribution is 5.37. The molecule has 0 aliphatic heterocycles. The fourth-order valence-electron chi connectivity index (χ4n) is 3.06. The van der Waals surface area contributed by atoms with Crippen LogP contribution in [0.1, 0.15) is 48.9 Å². The smallest absolute Gasteiger partial charge is 0.0344 e. The van der Waals surface area contributed by atoms with Gasteiger partial charge in [0.25, 0.3) is 0 Å². The maximum Gasteiger partial charge on any atom is 0.0344 e. The van der Waals surface area contributed by atoms with Crippen LogP contribution in [0.5, 0.6) is 0 Å². The molecule has 3 atom stereocenters. The Morgan fingerprint density at radius 2 is 1.94 bits per heavy atom. The monoisotopic (exact) mass is 228 g/mol. The summed E-state index contributed by atoms with van der Waals surface area (Å²) >= 11 is 0. The molecular formula is C15H20N2. The van der Waals surface area contributed by atoms with Crippen molar-refractivity contribution < 1.29 is 0 Å². The zero-order valence-electron chi connectivity index (χ0n) is 10.1. The van der Waals surface area contributed by atoms with E-state index in [2.05, 4.69) is 41.7 Å². The molecule has 0 aromatic heterocycles. The molecule has 2 aliphatic carbocycles. The van der Waals surface area contributed by atoms with E-state index in [1.165, 1.54) is 24.0 Å². The van der Waals surface area contributed by atoms with Gasteiger partial charge in [-0.15, -0.1) is 0 Å². The van der Waals surface area contributed by atoms with Crippen molar-refractivity contribution in [1.82, 2.24) is 5.32 Å². The van der Waals surface area contributed by atoms with Crippen molar-refractivity contribution in [1.29, 1.82) is 0 Å². The quantitative estimate of drug-likeness (QED) is 0.764. The number of allylic oxidation sites excluding steroid dienone is 1. The fourth-order valence-corrected chi connectivity index (χ4v) is 3.06. The summed E-state index contributed by atoms with van der Waals surface area (Å²) in [6.07, 6.45) is 9.24. The molecule has 0 fully saturated rings. The van der Waals surface area contributed by atoms with Gasteiger partial charge in [-0.05, 0) is 36.8 Å². The average molecular weight is 228 g/mol. The van der Waals surface area contributed by atoms with Crippen LogP contribution in [0.2, 0.25) is 0 Å². The predicted octanol–water partition coefficient (Wildman–Crippen LogP) is 2.83. The van der Waals surface area contributed by atoms with E-state index in [0.29, 0.717) is 12.1 Å². The molecule has 2 aliphatic rings. The van der Waals surface area contributed by atoms with Crippen LogP contribution in [-0.2, 0) is 0 Å². The van der Waals surface area contributed by atoms with Gasteiger partial charge in [0.15, 0.2) is 0 Å². The zero-order chi connectivity index (χ0) is 11.7. The van der Waals surface area contributed by atoms with Crippen molar-refractivity contribution in [3.8, 4) is 0 Å². The number of rotatable bonds is 2. The highest BCUT2D eigenvalue weighted by Crippen LogP contribution is 2.37. The van der Waals surface area contributed by atoms with Crippen molar-refractivity contribution in [2.75, 3.05) is 0 Å². The molecule has 2 nitrogen and oxygen atoms in total. The minimum atomic E-state index is 0.211. The van der Waals surface area contributed by atoms with Crippen LogP contribution in [-0.4, -0.2) is 6.04 Å². The van der Waals surface area contributed by atoms with Crippen LogP contribution in [0.3, 0.4) is 0 Å². The Morgan fingerprint density at radius 1 is 1.12 bits per heavy atom. The third kappa shape index (κ3) is 2.15. The van der Waals surface area contributed by atoms with Crippen molar-refractivity contribution in [3.63, 3.8) is 0 Å². The Bertz CT molecular complexity index is 425. The maximum absolute atomic E-state index is 6.19. The summed E-state index contributed by atoms with van der Waals surface area (Å²) < 4.78 is 0. The highest BCUT2D eigenvalue weighted by atomic mass is 15.0. The lowest BCUT2D eigenvalue weighted by atomic mass is 9.99. The first-order valence-electron chi connectivity index (χ1n) is 6.60. The van der Waals surface area contributed by atoms with Crippen molar-refractivity contribution >= 4 is 0 Å². The Balaban J connectivity index is 1.75. The first kappa shape index (κ1) is 11.0. The van der Waals surface area contributed by atoms with Crippen LogP contribution < -0.4 is 11.1 Å². The molecule has 90 valence electrons. The highest BCUT2D eigenvalue weighted by Gasteiger charge is 2.29. The summed E-state index contributed by atoms with van der Waals surface area (Å²) in [5.74, 6) is 0. The molecule has 0 amide bonds. The van der Waals surface area contributed by atoms with E-state index in [4.69, 9.17) is 5.73 Å². The molecular weight excluding hydrogens is 208 g/mol. The van der Waals surface area contributed by atoms with E-state index < -0.39 is 0 Å². The third-order valence-electron chi connectivity index (χ3n) is 3.97. The minimum Gasteiger partial charge on any atom is -0.324 e. The topological polar surface area (TPSA) is 38.0 Å². The van der Waals surface area contributed by atoms with Gasteiger partial charge in [-0.2, -0.15) is 0 Å². The number of nitrogens with one attached hydrogen (secondary N) is 1. The largest absolute Gasteiger partial charge is 0.324 e. The molecule has 2 heteroatoms.